The summed E-state index contributed by atoms with van der Waals surface area (Å²) in [5.74, 6) is 0. The van der Waals surface area contributed by atoms with Crippen LogP contribution in [0.25, 0.3) is 0 Å². The molecule has 2 unspecified atom stereocenters. The lowest BCUT2D eigenvalue weighted by atomic mass is 9.82. The fourth-order valence-electron chi connectivity index (χ4n) is 2.97. The van der Waals surface area contributed by atoms with Crippen molar-refractivity contribution in [3.05, 3.63) is 35.4 Å². The van der Waals surface area contributed by atoms with E-state index in [-0.39, 0.29) is 6.10 Å². The monoisotopic (exact) mass is 321 g/mol. The van der Waals surface area contributed by atoms with E-state index in [0.717, 1.165) is 30.4 Å². The summed E-state index contributed by atoms with van der Waals surface area (Å²) in [5.41, 5.74) is 0.624. The number of carbonyl (C=O) groups excluding carboxylic acids is 1. The number of nitrogens with one attached hydrogen (secondary N) is 1. The molecule has 23 heavy (non-hydrogen) atoms. The number of aliphatic hydroxyl groups excluding tert-OH is 1. The highest BCUT2D eigenvalue weighted by Gasteiger charge is 2.47. The summed E-state index contributed by atoms with van der Waals surface area (Å²) in [4.78, 5) is 12.2. The van der Waals surface area contributed by atoms with E-state index in [0.29, 0.717) is 13.0 Å². The van der Waals surface area contributed by atoms with Crippen LogP contribution < -0.4 is 5.32 Å². The maximum absolute atomic E-state index is 12.2. The molecule has 0 aliphatic heterocycles. The van der Waals surface area contributed by atoms with Crippen molar-refractivity contribution in [2.45, 2.75) is 64.4 Å². The molecule has 2 rings (SSSR count). The molecule has 0 spiro atoms. The van der Waals surface area contributed by atoms with Gasteiger partial charge in [-0.05, 0) is 38.7 Å². The Morgan fingerprint density at radius 1 is 1.43 bits per heavy atom. The largest absolute Gasteiger partial charge is 0.449 e. The summed E-state index contributed by atoms with van der Waals surface area (Å²) in [7, 11) is 0. The number of alkyl carbamates (subject to hydrolysis) is 1. The first-order chi connectivity index (χ1) is 11.0. The third-order valence-electron chi connectivity index (χ3n) is 4.01. The van der Waals surface area contributed by atoms with Gasteiger partial charge in [0, 0.05) is 5.56 Å². The third-order valence-corrected chi connectivity index (χ3v) is 4.01. The topological polar surface area (TPSA) is 67.8 Å². The minimum atomic E-state index is -1.26. The average Bonchev–Trinajstić information content (AvgIpc) is 2.51. The van der Waals surface area contributed by atoms with Crippen molar-refractivity contribution < 1.29 is 19.4 Å². The van der Waals surface area contributed by atoms with Gasteiger partial charge in [-0.2, -0.15) is 0 Å². The lowest BCUT2D eigenvalue weighted by molar-refractivity contribution is -0.175. The Morgan fingerprint density at radius 3 is 2.87 bits per heavy atom. The Hall–Kier alpha value is -1.59. The van der Waals surface area contributed by atoms with E-state index in [2.05, 4.69) is 5.32 Å². The first kappa shape index (κ1) is 17.8. The number of aliphatic hydroxyl groups is 1. The van der Waals surface area contributed by atoms with Gasteiger partial charge in [0.1, 0.15) is 6.10 Å². The molecule has 5 nitrogen and oxygen atoms in total. The fourth-order valence-corrected chi connectivity index (χ4v) is 2.97. The maximum Gasteiger partial charge on any atom is 0.409 e. The molecule has 0 saturated heterocycles. The highest BCUT2D eigenvalue weighted by Crippen LogP contribution is 2.37. The molecule has 2 atom stereocenters. The maximum atomic E-state index is 12.2. The first-order valence-corrected chi connectivity index (χ1v) is 8.38. The molecular formula is C18H27NO4. The number of rotatable bonds is 6. The number of ether oxygens (including phenoxy) is 2. The van der Waals surface area contributed by atoms with Crippen molar-refractivity contribution in [1.82, 2.24) is 5.32 Å². The second-order valence-electron chi connectivity index (χ2n) is 6.23. The van der Waals surface area contributed by atoms with Gasteiger partial charge < -0.3 is 14.6 Å². The van der Waals surface area contributed by atoms with Crippen LogP contribution in [0.3, 0.4) is 0 Å². The minimum absolute atomic E-state index is 0.160. The molecule has 1 aliphatic rings. The van der Waals surface area contributed by atoms with E-state index < -0.39 is 17.9 Å². The van der Waals surface area contributed by atoms with Gasteiger partial charge in [-0.15, -0.1) is 0 Å². The summed E-state index contributed by atoms with van der Waals surface area (Å²) in [6, 6.07) is 7.74. The molecule has 0 fully saturated rings. The van der Waals surface area contributed by atoms with Crippen LogP contribution in [0.15, 0.2) is 24.3 Å². The second kappa shape index (κ2) is 7.79. The van der Waals surface area contributed by atoms with Crippen LogP contribution in [-0.2, 0) is 21.6 Å². The Kier molecular flexibility index (Phi) is 6.02. The highest BCUT2D eigenvalue weighted by molar-refractivity contribution is 5.69. The van der Waals surface area contributed by atoms with Crippen LogP contribution in [0, 0.1) is 0 Å². The molecule has 0 radical (unpaired) electrons. The Bertz CT molecular complexity index is 532. The summed E-state index contributed by atoms with van der Waals surface area (Å²) >= 11 is 0. The van der Waals surface area contributed by atoms with Gasteiger partial charge in [0.15, 0.2) is 5.72 Å². The van der Waals surface area contributed by atoms with Crippen molar-refractivity contribution in [1.29, 1.82) is 0 Å². The van der Waals surface area contributed by atoms with Crippen molar-refractivity contribution in [2.75, 3.05) is 6.61 Å². The molecule has 0 heterocycles. The predicted molar refractivity (Wildman–Crippen MR) is 88.1 cm³/mol. The van der Waals surface area contributed by atoms with Gasteiger partial charge in [0.05, 0.1) is 12.7 Å². The van der Waals surface area contributed by atoms with Crippen LogP contribution in [0.5, 0.6) is 0 Å². The lowest BCUT2D eigenvalue weighted by Gasteiger charge is -2.43. The smallest absolute Gasteiger partial charge is 0.409 e. The van der Waals surface area contributed by atoms with Gasteiger partial charge in [-0.3, -0.25) is 5.32 Å². The van der Waals surface area contributed by atoms with Crippen molar-refractivity contribution in [2.24, 2.45) is 0 Å². The van der Waals surface area contributed by atoms with Gasteiger partial charge >= 0.3 is 6.09 Å². The molecule has 2 N–H and O–H groups in total. The zero-order valence-electron chi connectivity index (χ0n) is 14.2. The zero-order chi connectivity index (χ0) is 16.9. The first-order valence-electron chi connectivity index (χ1n) is 8.38. The highest BCUT2D eigenvalue weighted by atomic mass is 16.6. The number of carbonyl (C=O) groups is 1. The Balaban J connectivity index is 2.29. The molecule has 5 heteroatoms. The number of unbranched alkanes of at least 4 members (excludes halogenated alkanes) is 1. The van der Waals surface area contributed by atoms with Crippen LogP contribution in [0.2, 0.25) is 0 Å². The molecule has 1 aromatic rings. The van der Waals surface area contributed by atoms with E-state index in [1.54, 1.807) is 0 Å². The average molecular weight is 321 g/mol. The summed E-state index contributed by atoms with van der Waals surface area (Å²) in [5, 5.41) is 13.4. The van der Waals surface area contributed by atoms with Crippen molar-refractivity contribution in [3.8, 4) is 0 Å². The number of hydrogen-bond donors (Lipinski definition) is 2. The molecule has 1 aromatic carbocycles. The molecule has 1 amide bonds. The minimum Gasteiger partial charge on any atom is -0.449 e. The van der Waals surface area contributed by atoms with Gasteiger partial charge in [-0.25, -0.2) is 4.79 Å². The third kappa shape index (κ3) is 4.03. The normalized spacial score (nSPS) is 23.4. The standard InChI is InChI=1S/C18H27NO4/c1-4-5-12-22-17(21)19-18(23-13(2)3)15-9-7-6-8-14(15)10-11-16(18)20/h6-9,13,16,20H,4-5,10-12H2,1-3H3,(H,19,21). The Labute approximate surface area is 138 Å². The molecule has 0 bridgehead atoms. The van der Waals surface area contributed by atoms with E-state index >= 15 is 0 Å². The lowest BCUT2D eigenvalue weighted by Crippen LogP contribution is -2.59. The fraction of sp³-hybridized carbons (Fsp3) is 0.611. The SMILES string of the molecule is CCCCOC(=O)NC1(OC(C)C)c2ccccc2CCC1O. The van der Waals surface area contributed by atoms with Crippen LogP contribution in [0.4, 0.5) is 4.79 Å². The van der Waals surface area contributed by atoms with Crippen LogP contribution in [-0.4, -0.2) is 30.0 Å². The zero-order valence-corrected chi connectivity index (χ0v) is 14.2. The van der Waals surface area contributed by atoms with Gasteiger partial charge in [0.2, 0.25) is 0 Å². The quantitative estimate of drug-likeness (QED) is 0.624. The van der Waals surface area contributed by atoms with Crippen molar-refractivity contribution in [3.63, 3.8) is 0 Å². The molecule has 0 saturated carbocycles. The number of amides is 1. The van der Waals surface area contributed by atoms with Crippen molar-refractivity contribution >= 4 is 6.09 Å². The van der Waals surface area contributed by atoms with E-state index in [9.17, 15) is 9.90 Å². The number of benzene rings is 1. The number of aryl methyl sites for hydroxylation is 1. The van der Waals surface area contributed by atoms with Crippen LogP contribution in [0.1, 0.15) is 51.2 Å². The molecule has 0 aromatic heterocycles. The van der Waals surface area contributed by atoms with Crippen LogP contribution >= 0.6 is 0 Å². The molecular weight excluding hydrogens is 294 g/mol. The van der Waals surface area contributed by atoms with E-state index in [1.165, 1.54) is 0 Å². The summed E-state index contributed by atoms with van der Waals surface area (Å²) in [6.45, 7) is 6.16. The summed E-state index contributed by atoms with van der Waals surface area (Å²) in [6.07, 6.45) is 1.50. The van der Waals surface area contributed by atoms with E-state index in [4.69, 9.17) is 9.47 Å². The van der Waals surface area contributed by atoms with Gasteiger partial charge in [-0.1, -0.05) is 37.6 Å². The molecule has 1 aliphatic carbocycles. The van der Waals surface area contributed by atoms with Gasteiger partial charge in [0.25, 0.3) is 0 Å². The molecule has 128 valence electrons. The summed E-state index contributed by atoms with van der Waals surface area (Å²) < 4.78 is 11.2. The predicted octanol–water partition coefficient (Wildman–Crippen LogP) is 3.10. The number of hydrogen-bond acceptors (Lipinski definition) is 4. The second-order valence-corrected chi connectivity index (χ2v) is 6.23. The number of fused-ring (bicyclic) bond motifs is 1. The Morgan fingerprint density at radius 2 is 2.17 bits per heavy atom. The van der Waals surface area contributed by atoms with E-state index in [1.807, 2.05) is 45.0 Å².